The Morgan fingerprint density at radius 1 is 1.13 bits per heavy atom. The second-order valence-corrected chi connectivity index (χ2v) is 8.43. The standard InChI is InChI=1S/C20H23F3N2O3S.C2H6/c1-11-3-4-15(13(21)7-11)24-19-17(23)14(22)8-16(28-2)18(19)25-29-20(5-6-20)9-12(27)10-26;1-2/h3-4,7-8,12,24-27H,5-6,9-10H2,1-2H3;1-2H3. The van der Waals surface area contributed by atoms with Crippen LogP contribution in [0.1, 0.15) is 38.7 Å². The van der Waals surface area contributed by atoms with Crippen molar-refractivity contribution < 1.29 is 28.1 Å². The van der Waals surface area contributed by atoms with Crippen LogP contribution in [-0.4, -0.2) is 34.8 Å². The molecule has 1 unspecified atom stereocenters. The first-order chi connectivity index (χ1) is 14.8. The van der Waals surface area contributed by atoms with E-state index in [1.54, 1.807) is 13.0 Å². The highest BCUT2D eigenvalue weighted by atomic mass is 32.2. The molecule has 0 heterocycles. The van der Waals surface area contributed by atoms with E-state index in [1.165, 1.54) is 31.2 Å². The van der Waals surface area contributed by atoms with Gasteiger partial charge in [0.05, 0.1) is 25.5 Å². The third-order valence-electron chi connectivity index (χ3n) is 4.78. The summed E-state index contributed by atoms with van der Waals surface area (Å²) in [7, 11) is 1.32. The monoisotopic (exact) mass is 458 g/mol. The number of hydrogen-bond acceptors (Lipinski definition) is 6. The molecule has 4 N–H and O–H groups in total. The van der Waals surface area contributed by atoms with E-state index in [2.05, 4.69) is 10.0 Å². The fourth-order valence-corrected chi connectivity index (χ4v) is 4.08. The summed E-state index contributed by atoms with van der Waals surface area (Å²) >= 11 is 1.24. The number of methoxy groups -OCH3 is 1. The van der Waals surface area contributed by atoms with Crippen LogP contribution in [-0.2, 0) is 0 Å². The predicted molar refractivity (Wildman–Crippen MR) is 120 cm³/mol. The van der Waals surface area contributed by atoms with Crippen molar-refractivity contribution in [3.05, 3.63) is 47.3 Å². The van der Waals surface area contributed by atoms with Crippen molar-refractivity contribution in [2.24, 2.45) is 0 Å². The lowest BCUT2D eigenvalue weighted by atomic mass is 10.2. The maximum absolute atomic E-state index is 14.6. The van der Waals surface area contributed by atoms with Crippen LogP contribution in [0, 0.1) is 24.4 Å². The first-order valence-corrected chi connectivity index (χ1v) is 10.9. The summed E-state index contributed by atoms with van der Waals surface area (Å²) in [5, 5.41) is 21.4. The normalized spacial score (nSPS) is 14.9. The summed E-state index contributed by atoms with van der Waals surface area (Å²) in [6, 6.07) is 5.29. The van der Waals surface area contributed by atoms with Crippen molar-refractivity contribution in [1.29, 1.82) is 0 Å². The van der Waals surface area contributed by atoms with Gasteiger partial charge in [-0.05, 0) is 55.8 Å². The fraction of sp³-hybridized carbons (Fsp3) is 0.455. The summed E-state index contributed by atoms with van der Waals surface area (Å²) < 4.78 is 50.8. The van der Waals surface area contributed by atoms with Crippen molar-refractivity contribution in [1.82, 2.24) is 0 Å². The molecule has 1 saturated carbocycles. The molecule has 0 spiro atoms. The Morgan fingerprint density at radius 3 is 2.35 bits per heavy atom. The van der Waals surface area contributed by atoms with Crippen molar-refractivity contribution >= 4 is 29.0 Å². The first kappa shape index (κ1) is 25.2. The smallest absolute Gasteiger partial charge is 0.184 e. The molecular formula is C22H29F3N2O3S. The van der Waals surface area contributed by atoms with E-state index in [1.807, 2.05) is 13.8 Å². The number of ether oxygens (including phenoxy) is 1. The van der Waals surface area contributed by atoms with E-state index in [4.69, 9.17) is 9.84 Å². The fourth-order valence-electron chi connectivity index (χ4n) is 2.98. The van der Waals surface area contributed by atoms with Gasteiger partial charge in [-0.1, -0.05) is 19.9 Å². The van der Waals surface area contributed by atoms with Crippen LogP contribution in [0.4, 0.5) is 30.2 Å². The predicted octanol–water partition coefficient (Wildman–Crippen LogP) is 5.53. The minimum absolute atomic E-state index is 0.00737. The minimum atomic E-state index is -1.17. The second-order valence-electron chi connectivity index (χ2n) is 7.16. The third-order valence-corrected chi connectivity index (χ3v) is 6.10. The highest BCUT2D eigenvalue weighted by molar-refractivity contribution is 8.02. The van der Waals surface area contributed by atoms with Crippen LogP contribution >= 0.6 is 11.9 Å². The Labute approximate surface area is 185 Å². The zero-order valence-corrected chi connectivity index (χ0v) is 18.9. The number of anilines is 3. The van der Waals surface area contributed by atoms with Crippen LogP contribution in [0.3, 0.4) is 0 Å². The topological polar surface area (TPSA) is 73.8 Å². The van der Waals surface area contributed by atoms with Crippen molar-refractivity contribution in [3.8, 4) is 5.75 Å². The van der Waals surface area contributed by atoms with Gasteiger partial charge in [-0.2, -0.15) is 0 Å². The van der Waals surface area contributed by atoms with Crippen LogP contribution in [0.25, 0.3) is 0 Å². The van der Waals surface area contributed by atoms with Gasteiger partial charge in [-0.25, -0.2) is 13.2 Å². The van der Waals surface area contributed by atoms with Gasteiger partial charge >= 0.3 is 0 Å². The molecule has 9 heteroatoms. The summed E-state index contributed by atoms with van der Waals surface area (Å²) in [5.74, 6) is -2.86. The van der Waals surface area contributed by atoms with E-state index >= 15 is 0 Å². The van der Waals surface area contributed by atoms with Crippen molar-refractivity contribution in [2.75, 3.05) is 23.8 Å². The summed E-state index contributed by atoms with van der Waals surface area (Å²) in [4.78, 5) is 0. The molecule has 0 amide bonds. The van der Waals surface area contributed by atoms with Gasteiger partial charge in [0, 0.05) is 10.8 Å². The zero-order valence-electron chi connectivity index (χ0n) is 18.1. The van der Waals surface area contributed by atoms with E-state index in [0.717, 1.165) is 18.9 Å². The van der Waals surface area contributed by atoms with E-state index in [0.29, 0.717) is 12.0 Å². The minimum Gasteiger partial charge on any atom is -0.494 e. The Bertz CT molecular complexity index is 895. The zero-order chi connectivity index (χ0) is 23.2. The molecule has 0 aromatic heterocycles. The molecule has 1 aliphatic carbocycles. The molecule has 0 radical (unpaired) electrons. The van der Waals surface area contributed by atoms with Gasteiger partial charge in [0.25, 0.3) is 0 Å². The van der Waals surface area contributed by atoms with E-state index in [-0.39, 0.29) is 34.2 Å². The summed E-state index contributed by atoms with van der Waals surface area (Å²) in [6.45, 7) is 5.37. The molecule has 1 fully saturated rings. The van der Waals surface area contributed by atoms with Gasteiger partial charge < -0.3 is 25.0 Å². The summed E-state index contributed by atoms with van der Waals surface area (Å²) in [5.41, 5.74) is 0.529. The van der Waals surface area contributed by atoms with Crippen LogP contribution in [0.2, 0.25) is 0 Å². The second kappa shape index (κ2) is 11.0. The first-order valence-electron chi connectivity index (χ1n) is 10.1. The molecule has 31 heavy (non-hydrogen) atoms. The van der Waals surface area contributed by atoms with E-state index in [9.17, 15) is 18.3 Å². The van der Waals surface area contributed by atoms with Crippen LogP contribution in [0.5, 0.6) is 5.75 Å². The Kier molecular flexibility index (Phi) is 8.90. The Balaban J connectivity index is 0.00000166. The number of aliphatic hydroxyl groups excluding tert-OH is 2. The highest BCUT2D eigenvalue weighted by Gasteiger charge is 2.45. The average Bonchev–Trinajstić information content (AvgIpc) is 3.52. The SMILES string of the molecule is CC.COc1cc(F)c(F)c(Nc2ccc(C)cc2F)c1NSC1(CC(O)CO)CC1. The van der Waals surface area contributed by atoms with Crippen LogP contribution in [0.15, 0.2) is 24.3 Å². The van der Waals surface area contributed by atoms with Gasteiger partial charge in [0.1, 0.15) is 22.9 Å². The van der Waals surface area contributed by atoms with Gasteiger partial charge in [0.15, 0.2) is 11.6 Å². The largest absolute Gasteiger partial charge is 0.494 e. The number of aryl methyl sites for hydroxylation is 1. The quantitative estimate of drug-likeness (QED) is 0.371. The van der Waals surface area contributed by atoms with Crippen molar-refractivity contribution in [3.63, 3.8) is 0 Å². The maximum atomic E-state index is 14.6. The number of nitrogens with one attached hydrogen (secondary N) is 2. The maximum Gasteiger partial charge on any atom is 0.184 e. The lowest BCUT2D eigenvalue weighted by Crippen LogP contribution is -2.21. The third kappa shape index (κ3) is 6.21. The molecule has 1 aliphatic rings. The number of hydrogen-bond donors (Lipinski definition) is 4. The molecule has 172 valence electrons. The van der Waals surface area contributed by atoms with Gasteiger partial charge in [-0.15, -0.1) is 0 Å². The molecule has 3 rings (SSSR count). The molecule has 5 nitrogen and oxygen atoms in total. The molecule has 0 saturated heterocycles. The lowest BCUT2D eigenvalue weighted by molar-refractivity contribution is 0.0865. The number of rotatable bonds is 9. The molecular weight excluding hydrogens is 429 g/mol. The summed E-state index contributed by atoms with van der Waals surface area (Å²) in [6.07, 6.45) is 1.08. The Hall–Kier alpha value is -2.10. The number of benzene rings is 2. The lowest BCUT2D eigenvalue weighted by Gasteiger charge is -2.22. The molecule has 2 aromatic carbocycles. The van der Waals surface area contributed by atoms with Crippen molar-refractivity contribution in [2.45, 2.75) is 50.9 Å². The van der Waals surface area contributed by atoms with Gasteiger partial charge in [-0.3, -0.25) is 0 Å². The highest BCUT2D eigenvalue weighted by Crippen LogP contribution is 2.53. The number of aliphatic hydroxyl groups is 2. The molecule has 1 atom stereocenters. The van der Waals surface area contributed by atoms with Gasteiger partial charge in [0.2, 0.25) is 0 Å². The number of halogens is 3. The average molecular weight is 459 g/mol. The van der Waals surface area contributed by atoms with Crippen LogP contribution < -0.4 is 14.8 Å². The molecule has 0 bridgehead atoms. The van der Waals surface area contributed by atoms with E-state index < -0.39 is 23.6 Å². The Morgan fingerprint density at radius 2 is 1.81 bits per heavy atom. The molecule has 0 aliphatic heterocycles. The molecule has 2 aromatic rings.